The maximum Gasteiger partial charge on any atom is 0.287 e. The highest BCUT2D eigenvalue weighted by atomic mass is 32.2. The zero-order chi connectivity index (χ0) is 35.7. The fourth-order valence-corrected chi connectivity index (χ4v) is 6.60. The molecule has 4 aromatic rings. The lowest BCUT2D eigenvalue weighted by Gasteiger charge is -2.30. The first-order valence-electron chi connectivity index (χ1n) is 15.5. The van der Waals surface area contributed by atoms with Crippen molar-refractivity contribution in [1.82, 2.24) is 14.6 Å². The third-order valence-corrected chi connectivity index (χ3v) is 9.67. The minimum Gasteiger partial charge on any atom is -0.497 e. The molecule has 50 heavy (non-hydrogen) atoms. The van der Waals surface area contributed by atoms with Crippen molar-refractivity contribution in [1.29, 1.82) is 0 Å². The van der Waals surface area contributed by atoms with Crippen LogP contribution in [0.15, 0.2) is 99.1 Å². The summed E-state index contributed by atoms with van der Waals surface area (Å²) in [6, 6.07) is 15.3. The number of hydrogen-bond donors (Lipinski definition) is 3. The molecule has 0 aliphatic carbocycles. The lowest BCUT2D eigenvalue weighted by atomic mass is 9.93. The smallest absolute Gasteiger partial charge is 0.287 e. The standard InChI is InChI=1S/C33H35N5O11S/c1-46-24-7-9-25(10-8-24)50(44,45)37(14-16-39)15-17-47-31-19-22(27-21-48-28-5-3-2-4-26(28)32(27)40)18-29(49-31)33(41)35-13-12-34-30-11-6-23(20-36-30)38(42)43/h2-11,18,20-22,31,39H,12-17,19H2,1H3,(H,34,36)(H,35,41)/t22-,31+/m1/s1. The van der Waals surface area contributed by atoms with Crippen molar-refractivity contribution in [2.24, 2.45) is 0 Å². The number of nitrogens with one attached hydrogen (secondary N) is 2. The molecule has 0 spiro atoms. The number of fused-ring (bicyclic) bond motifs is 1. The molecule has 0 bridgehead atoms. The Morgan fingerprint density at radius 2 is 1.90 bits per heavy atom. The van der Waals surface area contributed by atoms with Crippen molar-refractivity contribution in [3.63, 3.8) is 0 Å². The number of nitrogens with zero attached hydrogens (tertiary/aromatic N) is 3. The largest absolute Gasteiger partial charge is 0.497 e. The molecule has 2 aromatic carbocycles. The minimum atomic E-state index is -4.01. The van der Waals surface area contributed by atoms with E-state index in [1.807, 2.05) is 0 Å². The highest BCUT2D eigenvalue weighted by molar-refractivity contribution is 7.89. The monoisotopic (exact) mass is 709 g/mol. The molecule has 17 heteroatoms. The zero-order valence-corrected chi connectivity index (χ0v) is 27.7. The molecule has 0 fully saturated rings. The van der Waals surface area contributed by atoms with Crippen LogP contribution in [0.5, 0.6) is 5.75 Å². The number of sulfonamides is 1. The number of allylic oxidation sites excluding steroid dienone is 1. The van der Waals surface area contributed by atoms with Crippen molar-refractivity contribution in [3.8, 4) is 5.75 Å². The fourth-order valence-electron chi connectivity index (χ4n) is 5.18. The summed E-state index contributed by atoms with van der Waals surface area (Å²) in [5.41, 5.74) is 0.242. The van der Waals surface area contributed by atoms with Gasteiger partial charge in [-0.05, 0) is 48.5 Å². The molecule has 0 unspecified atom stereocenters. The third kappa shape index (κ3) is 8.61. The van der Waals surface area contributed by atoms with Gasteiger partial charge in [0, 0.05) is 50.1 Å². The predicted octanol–water partition coefficient (Wildman–Crippen LogP) is 2.75. The maximum atomic E-state index is 13.4. The lowest BCUT2D eigenvalue weighted by Crippen LogP contribution is -2.38. The van der Waals surface area contributed by atoms with Gasteiger partial charge in [-0.3, -0.25) is 19.7 Å². The molecular formula is C33H35N5O11S. The number of carbonyl (C=O) groups excluding carboxylic acids is 1. The summed E-state index contributed by atoms with van der Waals surface area (Å²) in [5.74, 6) is -0.523. The Morgan fingerprint density at radius 1 is 1.12 bits per heavy atom. The number of benzene rings is 2. The number of aromatic nitrogens is 1. The van der Waals surface area contributed by atoms with Crippen molar-refractivity contribution in [3.05, 3.63) is 111 Å². The first kappa shape index (κ1) is 35.9. The number of rotatable bonds is 16. The van der Waals surface area contributed by atoms with E-state index in [1.54, 1.807) is 24.3 Å². The van der Waals surface area contributed by atoms with Crippen LogP contribution in [0.3, 0.4) is 0 Å². The van der Waals surface area contributed by atoms with Crippen LogP contribution in [-0.4, -0.2) is 86.4 Å². The van der Waals surface area contributed by atoms with Gasteiger partial charge >= 0.3 is 0 Å². The molecule has 1 aliphatic rings. The zero-order valence-electron chi connectivity index (χ0n) is 26.9. The average molecular weight is 710 g/mol. The van der Waals surface area contributed by atoms with Crippen LogP contribution in [0.2, 0.25) is 0 Å². The Balaban J connectivity index is 1.28. The van der Waals surface area contributed by atoms with Gasteiger partial charge in [0.25, 0.3) is 11.6 Å². The fraction of sp³-hybridized carbons (Fsp3) is 0.303. The van der Waals surface area contributed by atoms with Gasteiger partial charge in [0.2, 0.25) is 16.3 Å². The first-order chi connectivity index (χ1) is 24.1. The molecule has 2 aromatic heterocycles. The van der Waals surface area contributed by atoms with Gasteiger partial charge in [-0.25, -0.2) is 13.4 Å². The highest BCUT2D eigenvalue weighted by Crippen LogP contribution is 2.31. The number of ether oxygens (including phenoxy) is 3. The van der Waals surface area contributed by atoms with E-state index < -0.39 is 39.7 Å². The number of aliphatic hydroxyl groups excluding tert-OH is 1. The third-order valence-electron chi connectivity index (χ3n) is 7.75. The number of anilines is 1. The molecular weight excluding hydrogens is 674 g/mol. The molecule has 16 nitrogen and oxygen atoms in total. The molecule has 0 saturated carbocycles. The van der Waals surface area contributed by atoms with Crippen molar-refractivity contribution in [2.45, 2.75) is 23.5 Å². The van der Waals surface area contributed by atoms with Crippen LogP contribution in [0.25, 0.3) is 11.0 Å². The van der Waals surface area contributed by atoms with E-state index in [0.717, 1.165) is 10.5 Å². The van der Waals surface area contributed by atoms with Gasteiger partial charge in [-0.1, -0.05) is 12.1 Å². The average Bonchev–Trinajstić information content (AvgIpc) is 3.13. The molecule has 1 amide bonds. The maximum absolute atomic E-state index is 13.4. The second kappa shape index (κ2) is 16.4. The van der Waals surface area contributed by atoms with E-state index in [2.05, 4.69) is 15.6 Å². The van der Waals surface area contributed by atoms with E-state index in [1.165, 1.54) is 55.8 Å². The van der Waals surface area contributed by atoms with Gasteiger partial charge in [0.1, 0.15) is 23.3 Å². The van der Waals surface area contributed by atoms with Crippen molar-refractivity contribution < 1.29 is 41.9 Å². The number of methoxy groups -OCH3 is 1. The minimum absolute atomic E-state index is 0.00417. The molecule has 0 saturated heterocycles. The lowest BCUT2D eigenvalue weighted by molar-refractivity contribution is -0.385. The Hall–Kier alpha value is -5.36. The van der Waals surface area contributed by atoms with Crippen LogP contribution < -0.4 is 20.8 Å². The number of carbonyl (C=O) groups is 1. The van der Waals surface area contributed by atoms with Gasteiger partial charge in [-0.15, -0.1) is 0 Å². The first-order valence-corrected chi connectivity index (χ1v) is 16.9. The summed E-state index contributed by atoms with van der Waals surface area (Å²) >= 11 is 0. The van der Waals surface area contributed by atoms with Crippen LogP contribution in [0.4, 0.5) is 11.5 Å². The Labute approximate surface area is 286 Å². The molecule has 2 atom stereocenters. The van der Waals surface area contributed by atoms with E-state index in [0.29, 0.717) is 22.5 Å². The second-order valence-corrected chi connectivity index (χ2v) is 12.9. The quantitative estimate of drug-likeness (QED) is 0.0869. The van der Waals surface area contributed by atoms with E-state index >= 15 is 0 Å². The summed E-state index contributed by atoms with van der Waals surface area (Å²) in [6.07, 6.45) is 3.02. The topological polar surface area (TPSA) is 213 Å². The van der Waals surface area contributed by atoms with Crippen LogP contribution in [0.1, 0.15) is 17.9 Å². The SMILES string of the molecule is COc1ccc(S(=O)(=O)N(CCO)CCO[C@@H]2C[C@H](c3coc4ccccc4c3=O)C=C(C(=O)NCCNc3ccc([N+](=O)[O-])cn3)O2)cc1. The predicted molar refractivity (Wildman–Crippen MR) is 180 cm³/mol. The van der Waals surface area contributed by atoms with Crippen LogP contribution in [0, 0.1) is 10.1 Å². The molecule has 5 rings (SSSR count). The molecule has 264 valence electrons. The summed E-state index contributed by atoms with van der Waals surface area (Å²) in [4.78, 5) is 41.0. The normalized spacial score (nSPS) is 16.0. The number of nitro groups is 1. The van der Waals surface area contributed by atoms with Gasteiger partial charge in [0.15, 0.2) is 11.2 Å². The number of amides is 1. The Kier molecular flexibility index (Phi) is 11.8. The Bertz CT molecular complexity index is 2000. The van der Waals surface area contributed by atoms with Crippen LogP contribution in [-0.2, 0) is 24.3 Å². The van der Waals surface area contributed by atoms with E-state index in [9.17, 15) is 33.2 Å². The molecule has 3 N–H and O–H groups in total. The van der Waals surface area contributed by atoms with Gasteiger partial charge < -0.3 is 34.4 Å². The van der Waals surface area contributed by atoms with Gasteiger partial charge in [0.05, 0.1) is 41.8 Å². The summed E-state index contributed by atoms with van der Waals surface area (Å²) < 4.78 is 50.4. The van der Waals surface area contributed by atoms with E-state index in [-0.39, 0.29) is 66.5 Å². The summed E-state index contributed by atoms with van der Waals surface area (Å²) in [7, 11) is -2.54. The summed E-state index contributed by atoms with van der Waals surface area (Å²) in [5, 5.41) is 26.5. The van der Waals surface area contributed by atoms with Gasteiger partial charge in [-0.2, -0.15) is 4.31 Å². The highest BCUT2D eigenvalue weighted by Gasteiger charge is 2.31. The number of aliphatic hydroxyl groups is 1. The number of para-hydroxylation sites is 1. The number of pyridine rings is 1. The molecule has 3 heterocycles. The molecule has 0 radical (unpaired) electrons. The Morgan fingerprint density at radius 3 is 2.60 bits per heavy atom. The number of hydrogen-bond acceptors (Lipinski definition) is 13. The molecule has 1 aliphatic heterocycles. The van der Waals surface area contributed by atoms with Crippen molar-refractivity contribution in [2.75, 3.05) is 51.8 Å². The second-order valence-electron chi connectivity index (χ2n) is 11.0. The summed E-state index contributed by atoms with van der Waals surface area (Å²) in [6.45, 7) is -0.597. The van der Waals surface area contributed by atoms with E-state index in [4.69, 9.17) is 18.6 Å². The van der Waals surface area contributed by atoms with Crippen molar-refractivity contribution >= 4 is 38.4 Å². The van der Waals surface area contributed by atoms with Crippen LogP contribution >= 0.6 is 0 Å².